The van der Waals surface area contributed by atoms with Crippen LogP contribution in [0.2, 0.25) is 0 Å². The number of anilines is 1. The quantitative estimate of drug-likeness (QED) is 0.848. The molecule has 1 aromatic rings. The number of hydrogen-bond donors (Lipinski definition) is 1. The van der Waals surface area contributed by atoms with Crippen molar-refractivity contribution in [2.24, 2.45) is 0 Å². The maximum Gasteiger partial charge on any atom is 0.292 e. The van der Waals surface area contributed by atoms with Gasteiger partial charge < -0.3 is 4.90 Å². The van der Waals surface area contributed by atoms with Gasteiger partial charge in [0.15, 0.2) is 6.04 Å². The van der Waals surface area contributed by atoms with Gasteiger partial charge in [0.05, 0.1) is 24.7 Å². The Hall–Kier alpha value is -1.68. The van der Waals surface area contributed by atoms with E-state index >= 15 is 0 Å². The van der Waals surface area contributed by atoms with Gasteiger partial charge in [0.2, 0.25) is 5.91 Å². The molecule has 1 unspecified atom stereocenters. The molecule has 0 aromatic heterocycles. The lowest BCUT2D eigenvalue weighted by molar-refractivity contribution is -0.944. The summed E-state index contributed by atoms with van der Waals surface area (Å²) in [4.78, 5) is 27.8. The van der Waals surface area contributed by atoms with Crippen LogP contribution < -0.4 is 9.80 Å². The summed E-state index contributed by atoms with van der Waals surface area (Å²) in [7, 11) is 0. The summed E-state index contributed by atoms with van der Waals surface area (Å²) in [6.07, 6.45) is 5.03. The van der Waals surface area contributed by atoms with Gasteiger partial charge in [-0.3, -0.25) is 9.59 Å². The number of quaternary nitrogens is 1. The van der Waals surface area contributed by atoms with Crippen molar-refractivity contribution in [3.8, 4) is 0 Å². The number of hydrogen-bond acceptors (Lipinski definition) is 2. The highest BCUT2D eigenvalue weighted by atomic mass is 16.2. The third-order valence-electron chi connectivity index (χ3n) is 4.89. The maximum atomic E-state index is 12.8. The van der Waals surface area contributed by atoms with Crippen molar-refractivity contribution in [1.29, 1.82) is 0 Å². The van der Waals surface area contributed by atoms with Gasteiger partial charge in [-0.1, -0.05) is 25.1 Å². The van der Waals surface area contributed by atoms with Crippen molar-refractivity contribution < 1.29 is 14.5 Å². The summed E-state index contributed by atoms with van der Waals surface area (Å²) in [5, 5.41) is 0. The van der Waals surface area contributed by atoms with Crippen molar-refractivity contribution >= 4 is 17.5 Å². The first kappa shape index (κ1) is 14.3. The first-order valence-electron chi connectivity index (χ1n) is 7.99. The summed E-state index contributed by atoms with van der Waals surface area (Å²) >= 11 is 0. The zero-order valence-corrected chi connectivity index (χ0v) is 12.5. The highest BCUT2D eigenvalue weighted by molar-refractivity contribution is 6.21. The molecule has 0 aliphatic carbocycles. The van der Waals surface area contributed by atoms with Gasteiger partial charge in [0.1, 0.15) is 0 Å². The van der Waals surface area contributed by atoms with Crippen LogP contribution in [0.15, 0.2) is 30.3 Å². The summed E-state index contributed by atoms with van der Waals surface area (Å²) < 4.78 is 0. The second-order valence-corrected chi connectivity index (χ2v) is 6.09. The Labute approximate surface area is 125 Å². The van der Waals surface area contributed by atoms with Crippen LogP contribution in [-0.4, -0.2) is 30.4 Å². The average molecular weight is 287 g/mol. The van der Waals surface area contributed by atoms with Crippen molar-refractivity contribution in [1.82, 2.24) is 0 Å². The molecule has 112 valence electrons. The summed E-state index contributed by atoms with van der Waals surface area (Å²) in [6.45, 7) is 3.21. The highest BCUT2D eigenvalue weighted by Gasteiger charge is 2.47. The van der Waals surface area contributed by atoms with E-state index in [-0.39, 0.29) is 17.9 Å². The third kappa shape index (κ3) is 2.60. The Kier molecular flexibility index (Phi) is 4.06. The van der Waals surface area contributed by atoms with E-state index in [1.807, 2.05) is 30.3 Å². The molecule has 1 aromatic carbocycles. The summed E-state index contributed by atoms with van der Waals surface area (Å²) in [5.74, 6) is -0.0642. The van der Waals surface area contributed by atoms with Crippen LogP contribution in [0.1, 0.15) is 39.0 Å². The molecule has 2 saturated heterocycles. The lowest BCUT2D eigenvalue weighted by atomic mass is 9.97. The second-order valence-electron chi connectivity index (χ2n) is 6.09. The average Bonchev–Trinajstić information content (AvgIpc) is 2.83. The molecule has 1 N–H and O–H groups in total. The van der Waals surface area contributed by atoms with E-state index in [0.29, 0.717) is 18.2 Å². The fraction of sp³-hybridized carbons (Fsp3) is 0.529. The molecule has 2 amide bonds. The van der Waals surface area contributed by atoms with Crippen LogP contribution in [0.5, 0.6) is 0 Å². The van der Waals surface area contributed by atoms with Crippen LogP contribution in [0.25, 0.3) is 0 Å². The minimum absolute atomic E-state index is 0.0125. The molecule has 2 fully saturated rings. The first-order valence-corrected chi connectivity index (χ1v) is 7.99. The lowest BCUT2D eigenvalue weighted by Gasteiger charge is -2.35. The Morgan fingerprint density at radius 1 is 1.19 bits per heavy atom. The van der Waals surface area contributed by atoms with E-state index in [4.69, 9.17) is 0 Å². The van der Waals surface area contributed by atoms with E-state index in [1.54, 1.807) is 0 Å². The molecule has 3 rings (SSSR count). The molecule has 0 bridgehead atoms. The fourth-order valence-electron chi connectivity index (χ4n) is 3.80. The topological polar surface area (TPSA) is 41.8 Å². The number of benzene rings is 1. The van der Waals surface area contributed by atoms with Crippen LogP contribution >= 0.6 is 0 Å². The number of carbonyl (C=O) groups excluding carboxylic acids is 2. The normalized spacial score (nSPS) is 30.0. The van der Waals surface area contributed by atoms with Crippen molar-refractivity contribution in [2.75, 3.05) is 11.4 Å². The molecule has 2 heterocycles. The molecule has 2 aliphatic heterocycles. The Morgan fingerprint density at radius 3 is 2.67 bits per heavy atom. The number of imide groups is 1. The number of piperidine rings is 1. The van der Waals surface area contributed by atoms with E-state index in [0.717, 1.165) is 19.4 Å². The van der Waals surface area contributed by atoms with Gasteiger partial charge in [-0.15, -0.1) is 0 Å². The zero-order valence-electron chi connectivity index (χ0n) is 12.5. The number of likely N-dealkylation sites (tertiary alicyclic amines) is 1. The SMILES string of the molecule is CC[C@@H]1CCCC[NH+]1[C@@H]1CC(=O)N(c2ccccc2)C1=O. The van der Waals surface area contributed by atoms with Crippen LogP contribution in [-0.2, 0) is 9.59 Å². The monoisotopic (exact) mass is 287 g/mol. The van der Waals surface area contributed by atoms with Gasteiger partial charge in [0, 0.05) is 0 Å². The standard InChI is InChI=1S/C17H22N2O2/c1-2-13-8-6-7-11-18(13)15-12-16(20)19(17(15)21)14-9-4-3-5-10-14/h3-5,9-10,13,15H,2,6-8,11-12H2,1H3/p+1/t13-,15-/m1/s1. The van der Waals surface area contributed by atoms with Crippen molar-refractivity contribution in [3.05, 3.63) is 30.3 Å². The van der Waals surface area contributed by atoms with Gasteiger partial charge in [-0.05, 0) is 37.8 Å². The molecule has 0 saturated carbocycles. The highest BCUT2D eigenvalue weighted by Crippen LogP contribution is 2.22. The number of para-hydroxylation sites is 1. The molecule has 4 nitrogen and oxygen atoms in total. The molecule has 0 radical (unpaired) electrons. The Bertz CT molecular complexity index is 529. The number of rotatable bonds is 3. The number of amides is 2. The van der Waals surface area contributed by atoms with Gasteiger partial charge in [0.25, 0.3) is 5.91 Å². The fourth-order valence-corrected chi connectivity index (χ4v) is 3.80. The van der Waals surface area contributed by atoms with E-state index in [9.17, 15) is 9.59 Å². The Morgan fingerprint density at radius 2 is 1.95 bits per heavy atom. The molecule has 21 heavy (non-hydrogen) atoms. The predicted octanol–water partition coefficient (Wildman–Crippen LogP) is 1.17. The van der Waals surface area contributed by atoms with Gasteiger partial charge in [-0.2, -0.15) is 0 Å². The van der Waals surface area contributed by atoms with E-state index < -0.39 is 0 Å². The van der Waals surface area contributed by atoms with Crippen LogP contribution in [0.3, 0.4) is 0 Å². The van der Waals surface area contributed by atoms with Crippen molar-refractivity contribution in [3.63, 3.8) is 0 Å². The molecule has 0 spiro atoms. The third-order valence-corrected chi connectivity index (χ3v) is 4.89. The van der Waals surface area contributed by atoms with Gasteiger partial charge >= 0.3 is 0 Å². The number of nitrogens with zero attached hydrogens (tertiary/aromatic N) is 1. The predicted molar refractivity (Wildman–Crippen MR) is 81.1 cm³/mol. The molecular formula is C17H23N2O2+. The minimum atomic E-state index is -0.178. The summed E-state index contributed by atoms with van der Waals surface area (Å²) in [6, 6.07) is 9.65. The van der Waals surface area contributed by atoms with E-state index in [1.165, 1.54) is 22.6 Å². The largest absolute Gasteiger partial charge is 0.322 e. The molecule has 3 atom stereocenters. The van der Waals surface area contributed by atoms with Crippen molar-refractivity contribution in [2.45, 2.75) is 51.1 Å². The maximum absolute atomic E-state index is 12.8. The smallest absolute Gasteiger partial charge is 0.292 e. The second kappa shape index (κ2) is 5.98. The molecule has 2 aliphatic rings. The number of carbonyl (C=O) groups is 2. The van der Waals surface area contributed by atoms with Crippen LogP contribution in [0, 0.1) is 0 Å². The molecular weight excluding hydrogens is 264 g/mol. The van der Waals surface area contributed by atoms with Crippen LogP contribution in [0.4, 0.5) is 5.69 Å². The minimum Gasteiger partial charge on any atom is -0.322 e. The lowest BCUT2D eigenvalue weighted by Crippen LogP contribution is -3.20. The van der Waals surface area contributed by atoms with E-state index in [2.05, 4.69) is 6.92 Å². The first-order chi connectivity index (χ1) is 10.2. The molecule has 4 heteroatoms. The Balaban J connectivity index is 1.83. The zero-order chi connectivity index (χ0) is 14.8. The number of nitrogens with one attached hydrogen (secondary N) is 1. The summed E-state index contributed by atoms with van der Waals surface area (Å²) in [5.41, 5.74) is 0.708. The van der Waals surface area contributed by atoms with Gasteiger partial charge in [-0.25, -0.2) is 4.90 Å².